The van der Waals surface area contributed by atoms with Crippen LogP contribution in [-0.4, -0.2) is 20.7 Å². The summed E-state index contributed by atoms with van der Waals surface area (Å²) in [6.07, 6.45) is 0. The second-order valence-electron chi connectivity index (χ2n) is 5.55. The molecule has 3 aromatic rings. The molecule has 0 saturated carbocycles. The molecule has 0 unspecified atom stereocenters. The van der Waals surface area contributed by atoms with Crippen LogP contribution >= 0.6 is 0 Å². The van der Waals surface area contributed by atoms with Crippen LogP contribution < -0.4 is 0 Å². The molecular weight excluding hydrogens is 290 g/mol. The molecule has 0 amide bonds. The number of hydrogen-bond donors (Lipinski definition) is 2. The molecule has 0 saturated heterocycles. The van der Waals surface area contributed by atoms with E-state index >= 15 is 0 Å². The predicted octanol–water partition coefficient (Wildman–Crippen LogP) is 4.16. The van der Waals surface area contributed by atoms with Gasteiger partial charge in [0.25, 0.3) is 0 Å². The molecule has 4 heteroatoms. The topological polar surface area (TPSA) is 62.5 Å². The molecule has 0 fully saturated rings. The van der Waals surface area contributed by atoms with Gasteiger partial charge in [0, 0.05) is 11.4 Å². The first kappa shape index (κ1) is 14.9. The van der Waals surface area contributed by atoms with Crippen molar-refractivity contribution in [3.05, 3.63) is 71.4 Å². The second-order valence-corrected chi connectivity index (χ2v) is 5.55. The molecule has 1 heterocycles. The SMILES string of the molecule is Cc1ccc(-n2c(-c3ccc(O)cc3)cc(C(=O)O)c2C)cc1. The van der Waals surface area contributed by atoms with Crippen LogP contribution in [0, 0.1) is 13.8 Å². The number of phenols is 1. The van der Waals surface area contributed by atoms with Crippen molar-refractivity contribution in [2.24, 2.45) is 0 Å². The van der Waals surface area contributed by atoms with E-state index in [1.54, 1.807) is 37.3 Å². The molecule has 0 atom stereocenters. The Morgan fingerprint density at radius 1 is 0.957 bits per heavy atom. The van der Waals surface area contributed by atoms with Gasteiger partial charge in [-0.25, -0.2) is 4.79 Å². The first-order chi connectivity index (χ1) is 11.0. The van der Waals surface area contributed by atoms with Gasteiger partial charge in [0.15, 0.2) is 0 Å². The van der Waals surface area contributed by atoms with E-state index in [0.717, 1.165) is 22.5 Å². The zero-order valence-electron chi connectivity index (χ0n) is 12.9. The number of benzene rings is 2. The predicted molar refractivity (Wildman–Crippen MR) is 89.3 cm³/mol. The first-order valence-corrected chi connectivity index (χ1v) is 7.29. The van der Waals surface area contributed by atoms with Gasteiger partial charge in [-0.15, -0.1) is 0 Å². The molecule has 0 spiro atoms. The first-order valence-electron chi connectivity index (χ1n) is 7.29. The number of phenolic OH excluding ortho intramolecular Hbond substituents is 1. The van der Waals surface area contributed by atoms with Gasteiger partial charge < -0.3 is 14.8 Å². The zero-order valence-corrected chi connectivity index (χ0v) is 12.9. The van der Waals surface area contributed by atoms with E-state index in [4.69, 9.17) is 0 Å². The van der Waals surface area contributed by atoms with Crippen molar-refractivity contribution in [3.63, 3.8) is 0 Å². The minimum atomic E-state index is -0.951. The van der Waals surface area contributed by atoms with Crippen LogP contribution in [0.15, 0.2) is 54.6 Å². The van der Waals surface area contributed by atoms with E-state index in [0.29, 0.717) is 5.69 Å². The van der Waals surface area contributed by atoms with Crippen molar-refractivity contribution in [3.8, 4) is 22.7 Å². The number of aromatic hydroxyl groups is 1. The van der Waals surface area contributed by atoms with Crippen LogP contribution in [0.25, 0.3) is 16.9 Å². The van der Waals surface area contributed by atoms with Crippen molar-refractivity contribution in [2.45, 2.75) is 13.8 Å². The van der Waals surface area contributed by atoms with Crippen LogP contribution in [0.5, 0.6) is 5.75 Å². The average Bonchev–Trinajstić information content (AvgIpc) is 2.87. The standard InChI is InChI=1S/C19H17NO3/c1-12-3-7-15(8-4-12)20-13(2)17(19(22)23)11-18(20)14-5-9-16(21)10-6-14/h3-11,21H,1-2H3,(H,22,23). The van der Waals surface area contributed by atoms with E-state index in [9.17, 15) is 15.0 Å². The van der Waals surface area contributed by atoms with Gasteiger partial charge in [0.1, 0.15) is 5.75 Å². The van der Waals surface area contributed by atoms with Crippen LogP contribution in [0.4, 0.5) is 0 Å². The van der Waals surface area contributed by atoms with E-state index in [2.05, 4.69) is 0 Å². The summed E-state index contributed by atoms with van der Waals surface area (Å²) in [5.74, 6) is -0.772. The molecular formula is C19H17NO3. The van der Waals surface area contributed by atoms with Gasteiger partial charge in [-0.2, -0.15) is 0 Å². The highest BCUT2D eigenvalue weighted by atomic mass is 16.4. The van der Waals surface area contributed by atoms with Crippen LogP contribution in [0.3, 0.4) is 0 Å². The maximum absolute atomic E-state index is 11.5. The molecule has 0 bridgehead atoms. The molecule has 23 heavy (non-hydrogen) atoms. The molecule has 2 N–H and O–H groups in total. The summed E-state index contributed by atoms with van der Waals surface area (Å²) >= 11 is 0. The summed E-state index contributed by atoms with van der Waals surface area (Å²) in [7, 11) is 0. The molecule has 0 aliphatic rings. The normalized spacial score (nSPS) is 10.7. The molecule has 2 aromatic carbocycles. The number of nitrogens with zero attached hydrogens (tertiary/aromatic N) is 1. The van der Waals surface area contributed by atoms with Crippen molar-refractivity contribution in [1.29, 1.82) is 0 Å². The highest BCUT2D eigenvalue weighted by Crippen LogP contribution is 2.30. The Kier molecular flexibility index (Phi) is 3.66. The summed E-state index contributed by atoms with van der Waals surface area (Å²) in [6, 6.07) is 16.3. The lowest BCUT2D eigenvalue weighted by atomic mass is 10.1. The Bertz CT molecular complexity index is 859. The lowest BCUT2D eigenvalue weighted by Gasteiger charge is -2.12. The number of carboxylic acids is 1. The highest BCUT2D eigenvalue weighted by molar-refractivity contribution is 5.91. The third kappa shape index (κ3) is 2.71. The fourth-order valence-corrected chi connectivity index (χ4v) is 2.69. The van der Waals surface area contributed by atoms with E-state index in [-0.39, 0.29) is 11.3 Å². The number of carboxylic acid groups (broad SMARTS) is 1. The molecule has 116 valence electrons. The Labute approximate surface area is 134 Å². The maximum Gasteiger partial charge on any atom is 0.337 e. The summed E-state index contributed by atoms with van der Waals surface area (Å²) in [5.41, 5.74) is 4.62. The fraction of sp³-hybridized carbons (Fsp3) is 0.105. The summed E-state index contributed by atoms with van der Waals surface area (Å²) < 4.78 is 1.93. The van der Waals surface area contributed by atoms with Crippen molar-refractivity contribution >= 4 is 5.97 Å². The number of rotatable bonds is 3. The quantitative estimate of drug-likeness (QED) is 0.763. The highest BCUT2D eigenvalue weighted by Gasteiger charge is 2.18. The number of aromatic nitrogens is 1. The summed E-state index contributed by atoms with van der Waals surface area (Å²) in [5, 5.41) is 18.9. The van der Waals surface area contributed by atoms with Gasteiger partial charge in [-0.3, -0.25) is 0 Å². The number of aryl methyl sites for hydroxylation is 1. The van der Waals surface area contributed by atoms with Crippen molar-refractivity contribution in [1.82, 2.24) is 4.57 Å². The lowest BCUT2D eigenvalue weighted by Crippen LogP contribution is -2.02. The van der Waals surface area contributed by atoms with E-state index < -0.39 is 5.97 Å². The van der Waals surface area contributed by atoms with Crippen molar-refractivity contribution in [2.75, 3.05) is 0 Å². The minimum absolute atomic E-state index is 0.178. The largest absolute Gasteiger partial charge is 0.508 e. The summed E-state index contributed by atoms with van der Waals surface area (Å²) in [6.45, 7) is 3.81. The van der Waals surface area contributed by atoms with Crippen LogP contribution in [0.1, 0.15) is 21.6 Å². The Morgan fingerprint density at radius 3 is 2.13 bits per heavy atom. The molecule has 0 aliphatic carbocycles. The van der Waals surface area contributed by atoms with Crippen LogP contribution in [-0.2, 0) is 0 Å². The second kappa shape index (κ2) is 5.65. The van der Waals surface area contributed by atoms with E-state index in [1.807, 2.05) is 35.8 Å². The lowest BCUT2D eigenvalue weighted by molar-refractivity contribution is 0.0696. The minimum Gasteiger partial charge on any atom is -0.508 e. The fourth-order valence-electron chi connectivity index (χ4n) is 2.69. The van der Waals surface area contributed by atoms with Gasteiger partial charge in [0.05, 0.1) is 11.3 Å². The monoisotopic (exact) mass is 307 g/mol. The van der Waals surface area contributed by atoms with Gasteiger partial charge in [-0.1, -0.05) is 17.7 Å². The van der Waals surface area contributed by atoms with E-state index in [1.165, 1.54) is 0 Å². The Morgan fingerprint density at radius 2 is 1.57 bits per heavy atom. The third-order valence-electron chi connectivity index (χ3n) is 3.93. The van der Waals surface area contributed by atoms with Gasteiger partial charge in [-0.05, 0) is 61.9 Å². The molecule has 0 aliphatic heterocycles. The smallest absolute Gasteiger partial charge is 0.337 e. The Hall–Kier alpha value is -3.01. The summed E-state index contributed by atoms with van der Waals surface area (Å²) in [4.78, 5) is 11.5. The zero-order chi connectivity index (χ0) is 16.6. The Balaban J connectivity index is 2.25. The van der Waals surface area contributed by atoms with Gasteiger partial charge >= 0.3 is 5.97 Å². The molecule has 1 aromatic heterocycles. The molecule has 0 radical (unpaired) electrons. The number of hydrogen-bond acceptors (Lipinski definition) is 2. The molecule has 4 nitrogen and oxygen atoms in total. The van der Waals surface area contributed by atoms with Crippen LogP contribution in [0.2, 0.25) is 0 Å². The number of aromatic carboxylic acids is 1. The van der Waals surface area contributed by atoms with Gasteiger partial charge in [0.2, 0.25) is 0 Å². The third-order valence-corrected chi connectivity index (χ3v) is 3.93. The number of carbonyl (C=O) groups is 1. The maximum atomic E-state index is 11.5. The average molecular weight is 307 g/mol. The molecule has 3 rings (SSSR count). The van der Waals surface area contributed by atoms with Crippen molar-refractivity contribution < 1.29 is 15.0 Å².